The number of nitriles is 1. The SMILES string of the molecule is CC(C)Nc1nc(C#N)cc2cnc(N[C@@H]3CNCC[C@@H]3F)cc12. The molecule has 0 bridgehead atoms. The Morgan fingerprint density at radius 1 is 1.42 bits per heavy atom. The molecule has 3 heterocycles. The average Bonchev–Trinajstić information content (AvgIpc) is 2.56. The fraction of sp³-hybridized carbons (Fsp3) is 0.471. The van der Waals surface area contributed by atoms with Crippen molar-refractivity contribution in [1.29, 1.82) is 5.26 Å². The normalized spacial score (nSPS) is 20.8. The zero-order valence-electron chi connectivity index (χ0n) is 13.8. The van der Waals surface area contributed by atoms with Gasteiger partial charge in [-0.2, -0.15) is 5.26 Å². The van der Waals surface area contributed by atoms with Crippen molar-refractivity contribution >= 4 is 22.4 Å². The Balaban J connectivity index is 1.95. The number of pyridine rings is 2. The Hall–Kier alpha value is -2.46. The van der Waals surface area contributed by atoms with Gasteiger partial charge in [0.15, 0.2) is 0 Å². The van der Waals surface area contributed by atoms with Gasteiger partial charge in [-0.25, -0.2) is 14.4 Å². The van der Waals surface area contributed by atoms with Crippen molar-refractivity contribution < 1.29 is 4.39 Å². The van der Waals surface area contributed by atoms with Gasteiger partial charge < -0.3 is 16.0 Å². The molecule has 1 fully saturated rings. The van der Waals surface area contributed by atoms with E-state index < -0.39 is 6.17 Å². The van der Waals surface area contributed by atoms with Gasteiger partial charge in [0.05, 0.1) is 6.04 Å². The maximum absolute atomic E-state index is 14.0. The van der Waals surface area contributed by atoms with E-state index in [0.29, 0.717) is 36.8 Å². The summed E-state index contributed by atoms with van der Waals surface area (Å²) in [5, 5.41) is 20.4. The van der Waals surface area contributed by atoms with E-state index in [9.17, 15) is 4.39 Å². The number of rotatable bonds is 4. The second kappa shape index (κ2) is 6.97. The van der Waals surface area contributed by atoms with Crippen LogP contribution in [0, 0.1) is 11.3 Å². The minimum absolute atomic E-state index is 0.178. The van der Waals surface area contributed by atoms with Crippen LogP contribution in [0.15, 0.2) is 18.3 Å². The molecule has 0 aromatic carbocycles. The van der Waals surface area contributed by atoms with Crippen molar-refractivity contribution in [3.63, 3.8) is 0 Å². The smallest absolute Gasteiger partial charge is 0.143 e. The van der Waals surface area contributed by atoms with Gasteiger partial charge in [0.25, 0.3) is 0 Å². The molecular weight excluding hydrogens is 307 g/mol. The average molecular weight is 328 g/mol. The van der Waals surface area contributed by atoms with Gasteiger partial charge in [0.2, 0.25) is 0 Å². The molecule has 1 aliphatic heterocycles. The number of halogens is 1. The van der Waals surface area contributed by atoms with Crippen LogP contribution in [-0.4, -0.2) is 41.3 Å². The third-order valence-electron chi connectivity index (χ3n) is 3.99. The fourth-order valence-electron chi connectivity index (χ4n) is 2.82. The van der Waals surface area contributed by atoms with Gasteiger partial charge in [-0.3, -0.25) is 0 Å². The Morgan fingerprint density at radius 3 is 2.96 bits per heavy atom. The number of hydrogen-bond acceptors (Lipinski definition) is 6. The molecule has 7 heteroatoms. The van der Waals surface area contributed by atoms with E-state index in [1.54, 1.807) is 12.3 Å². The summed E-state index contributed by atoms with van der Waals surface area (Å²) in [4.78, 5) is 8.71. The Labute approximate surface area is 140 Å². The maximum Gasteiger partial charge on any atom is 0.143 e. The van der Waals surface area contributed by atoms with E-state index in [4.69, 9.17) is 5.26 Å². The van der Waals surface area contributed by atoms with E-state index in [0.717, 1.165) is 10.8 Å². The van der Waals surface area contributed by atoms with Crippen LogP contribution in [0.5, 0.6) is 0 Å². The van der Waals surface area contributed by atoms with Gasteiger partial charge in [-0.15, -0.1) is 0 Å². The summed E-state index contributed by atoms with van der Waals surface area (Å²) in [5.41, 5.74) is 0.341. The molecule has 1 aliphatic rings. The maximum atomic E-state index is 14.0. The summed E-state index contributed by atoms with van der Waals surface area (Å²) in [6.07, 6.45) is 1.30. The first-order valence-electron chi connectivity index (χ1n) is 8.15. The van der Waals surface area contributed by atoms with Crippen LogP contribution in [0.25, 0.3) is 10.8 Å². The highest BCUT2D eigenvalue weighted by molar-refractivity contribution is 5.93. The lowest BCUT2D eigenvalue weighted by molar-refractivity contribution is 0.241. The van der Waals surface area contributed by atoms with E-state index in [1.807, 2.05) is 19.9 Å². The van der Waals surface area contributed by atoms with Crippen molar-refractivity contribution in [3.8, 4) is 6.07 Å². The Bertz CT molecular complexity index is 770. The Morgan fingerprint density at radius 2 is 2.25 bits per heavy atom. The zero-order valence-corrected chi connectivity index (χ0v) is 13.8. The topological polar surface area (TPSA) is 85.7 Å². The van der Waals surface area contributed by atoms with E-state index in [1.165, 1.54) is 0 Å². The summed E-state index contributed by atoms with van der Waals surface area (Å²) in [5.74, 6) is 1.25. The van der Waals surface area contributed by atoms with Crippen molar-refractivity contribution in [2.75, 3.05) is 23.7 Å². The molecule has 6 nitrogen and oxygen atoms in total. The van der Waals surface area contributed by atoms with Crippen LogP contribution < -0.4 is 16.0 Å². The molecule has 3 N–H and O–H groups in total. The molecule has 3 rings (SSSR count). The highest BCUT2D eigenvalue weighted by atomic mass is 19.1. The quantitative estimate of drug-likeness (QED) is 0.799. The number of anilines is 2. The van der Waals surface area contributed by atoms with Crippen LogP contribution in [0.3, 0.4) is 0 Å². The number of hydrogen-bond donors (Lipinski definition) is 3. The van der Waals surface area contributed by atoms with E-state index in [-0.39, 0.29) is 12.1 Å². The minimum atomic E-state index is -0.893. The second-order valence-electron chi connectivity index (χ2n) is 6.32. The van der Waals surface area contributed by atoms with Crippen LogP contribution in [0.2, 0.25) is 0 Å². The van der Waals surface area contributed by atoms with Crippen molar-refractivity contribution in [1.82, 2.24) is 15.3 Å². The summed E-state index contributed by atoms with van der Waals surface area (Å²) >= 11 is 0. The third-order valence-corrected chi connectivity index (χ3v) is 3.99. The van der Waals surface area contributed by atoms with E-state index in [2.05, 4.69) is 32.0 Å². The highest BCUT2D eigenvalue weighted by Crippen LogP contribution is 2.26. The zero-order chi connectivity index (χ0) is 17.1. The summed E-state index contributed by atoms with van der Waals surface area (Å²) in [7, 11) is 0. The van der Waals surface area contributed by atoms with E-state index >= 15 is 0 Å². The number of fused-ring (bicyclic) bond motifs is 1. The number of piperidine rings is 1. The molecule has 2 aromatic rings. The van der Waals surface area contributed by atoms with Gasteiger partial charge in [-0.05, 0) is 38.9 Å². The number of alkyl halides is 1. The van der Waals surface area contributed by atoms with Gasteiger partial charge in [0, 0.05) is 29.6 Å². The highest BCUT2D eigenvalue weighted by Gasteiger charge is 2.24. The predicted molar refractivity (Wildman–Crippen MR) is 92.8 cm³/mol. The lowest BCUT2D eigenvalue weighted by atomic mass is 10.1. The first kappa shape index (κ1) is 16.4. The molecule has 2 atom stereocenters. The molecule has 0 saturated carbocycles. The number of nitrogens with one attached hydrogen (secondary N) is 3. The van der Waals surface area contributed by atoms with Crippen molar-refractivity contribution in [2.24, 2.45) is 0 Å². The molecule has 126 valence electrons. The molecular formula is C17H21FN6. The standard InChI is InChI=1S/C17H21FN6/c1-10(2)22-17-13-6-16(24-15-9-20-4-3-14(15)18)21-8-11(13)5-12(7-19)23-17/h5-6,8,10,14-15,20H,3-4,9H2,1-2H3,(H,21,24)(H,22,23)/t14-,15+/m0/s1. The number of aromatic nitrogens is 2. The molecule has 0 aliphatic carbocycles. The van der Waals surface area contributed by atoms with Gasteiger partial charge >= 0.3 is 0 Å². The Kier molecular flexibility index (Phi) is 4.76. The van der Waals surface area contributed by atoms with Crippen LogP contribution in [-0.2, 0) is 0 Å². The molecule has 0 spiro atoms. The predicted octanol–water partition coefficient (Wildman–Crippen LogP) is 2.43. The second-order valence-corrected chi connectivity index (χ2v) is 6.32. The monoisotopic (exact) mass is 328 g/mol. The first-order chi connectivity index (χ1) is 11.6. The molecule has 1 saturated heterocycles. The molecule has 0 radical (unpaired) electrons. The van der Waals surface area contributed by atoms with Crippen molar-refractivity contribution in [2.45, 2.75) is 38.5 Å². The van der Waals surface area contributed by atoms with Gasteiger partial charge in [-0.1, -0.05) is 0 Å². The first-order valence-corrected chi connectivity index (χ1v) is 8.15. The third kappa shape index (κ3) is 3.54. The van der Waals surface area contributed by atoms with Crippen LogP contribution in [0.1, 0.15) is 26.0 Å². The lowest BCUT2D eigenvalue weighted by Gasteiger charge is -2.28. The molecule has 0 amide bonds. The van der Waals surface area contributed by atoms with Crippen molar-refractivity contribution in [3.05, 3.63) is 24.0 Å². The lowest BCUT2D eigenvalue weighted by Crippen LogP contribution is -2.46. The van der Waals surface area contributed by atoms with Crippen LogP contribution in [0.4, 0.5) is 16.0 Å². The summed E-state index contributed by atoms with van der Waals surface area (Å²) in [6.45, 7) is 5.29. The van der Waals surface area contributed by atoms with Crippen LogP contribution >= 0.6 is 0 Å². The largest absolute Gasteiger partial charge is 0.367 e. The van der Waals surface area contributed by atoms with Gasteiger partial charge in [0.1, 0.15) is 29.6 Å². The molecule has 24 heavy (non-hydrogen) atoms. The molecule has 2 aromatic heterocycles. The summed E-state index contributed by atoms with van der Waals surface area (Å²) < 4.78 is 14.0. The minimum Gasteiger partial charge on any atom is -0.367 e. The molecule has 0 unspecified atom stereocenters. The number of nitrogens with zero attached hydrogens (tertiary/aromatic N) is 3. The fourth-order valence-corrected chi connectivity index (χ4v) is 2.82. The summed E-state index contributed by atoms with van der Waals surface area (Å²) in [6, 6.07) is 5.51.